The number of para-hydroxylation sites is 1. The first-order chi connectivity index (χ1) is 14.5. The molecule has 0 spiro atoms. The van der Waals surface area contributed by atoms with Crippen LogP contribution >= 0.6 is 0 Å². The van der Waals surface area contributed by atoms with Crippen LogP contribution in [0.3, 0.4) is 0 Å². The molecular formula is C23H23N5O2. The molecule has 0 unspecified atom stereocenters. The number of aromatic amines is 1. The maximum Gasteiger partial charge on any atom is 0.258 e. The second kappa shape index (κ2) is 7.94. The highest BCUT2D eigenvalue weighted by Gasteiger charge is 2.17. The molecule has 0 bridgehead atoms. The summed E-state index contributed by atoms with van der Waals surface area (Å²) >= 11 is 0. The number of hydrogen-bond acceptors (Lipinski definition) is 4. The number of aromatic nitrogens is 4. The van der Waals surface area contributed by atoms with E-state index in [0.717, 1.165) is 17.1 Å². The van der Waals surface area contributed by atoms with E-state index in [9.17, 15) is 9.59 Å². The number of amides is 1. The van der Waals surface area contributed by atoms with Crippen LogP contribution in [0.4, 0.5) is 0 Å². The summed E-state index contributed by atoms with van der Waals surface area (Å²) in [6, 6.07) is 16.5. The van der Waals surface area contributed by atoms with Gasteiger partial charge in [-0.05, 0) is 63.2 Å². The molecule has 1 N–H and O–H groups in total. The number of rotatable bonds is 5. The molecule has 0 saturated heterocycles. The monoisotopic (exact) mass is 401 g/mol. The molecule has 0 aliphatic heterocycles. The molecule has 4 rings (SSSR count). The maximum atomic E-state index is 13.0. The fourth-order valence-corrected chi connectivity index (χ4v) is 3.54. The van der Waals surface area contributed by atoms with Crippen molar-refractivity contribution in [2.24, 2.45) is 0 Å². The minimum atomic E-state index is -0.201. The summed E-state index contributed by atoms with van der Waals surface area (Å²) in [6.07, 6.45) is 0. The van der Waals surface area contributed by atoms with Gasteiger partial charge in [-0.2, -0.15) is 5.10 Å². The van der Waals surface area contributed by atoms with Crippen molar-refractivity contribution >= 4 is 16.8 Å². The van der Waals surface area contributed by atoms with Crippen LogP contribution in [0.5, 0.6) is 0 Å². The van der Waals surface area contributed by atoms with Crippen molar-refractivity contribution in [2.45, 2.75) is 27.3 Å². The lowest BCUT2D eigenvalue weighted by molar-refractivity contribution is 0.0748. The Morgan fingerprint density at radius 1 is 1.10 bits per heavy atom. The molecule has 7 nitrogen and oxygen atoms in total. The third-order valence-corrected chi connectivity index (χ3v) is 5.04. The highest BCUT2D eigenvalue weighted by molar-refractivity contribution is 5.94. The van der Waals surface area contributed by atoms with Gasteiger partial charge < -0.3 is 9.88 Å². The van der Waals surface area contributed by atoms with Gasteiger partial charge in [-0.15, -0.1) is 0 Å². The zero-order chi connectivity index (χ0) is 21.3. The van der Waals surface area contributed by atoms with Gasteiger partial charge in [0, 0.05) is 17.8 Å². The van der Waals surface area contributed by atoms with Crippen molar-refractivity contribution in [1.82, 2.24) is 24.6 Å². The maximum absolute atomic E-state index is 13.0. The van der Waals surface area contributed by atoms with Crippen molar-refractivity contribution in [3.63, 3.8) is 0 Å². The third kappa shape index (κ3) is 3.74. The molecule has 7 heteroatoms. The van der Waals surface area contributed by atoms with Crippen molar-refractivity contribution in [3.05, 3.63) is 87.7 Å². The number of hydrogen-bond donors (Lipinski definition) is 1. The van der Waals surface area contributed by atoms with Crippen LogP contribution < -0.4 is 5.56 Å². The average Bonchev–Trinajstić information content (AvgIpc) is 3.09. The van der Waals surface area contributed by atoms with Crippen molar-refractivity contribution in [3.8, 4) is 5.69 Å². The van der Waals surface area contributed by atoms with Crippen molar-refractivity contribution in [2.75, 3.05) is 6.54 Å². The zero-order valence-corrected chi connectivity index (χ0v) is 17.2. The number of fused-ring (bicyclic) bond motifs is 1. The summed E-state index contributed by atoms with van der Waals surface area (Å²) in [5.74, 6) is 0.349. The van der Waals surface area contributed by atoms with Gasteiger partial charge in [0.1, 0.15) is 5.82 Å². The van der Waals surface area contributed by atoms with E-state index in [-0.39, 0.29) is 18.0 Å². The summed E-state index contributed by atoms with van der Waals surface area (Å²) in [7, 11) is 0. The molecule has 2 heterocycles. The molecule has 2 aromatic heterocycles. The Morgan fingerprint density at radius 3 is 2.50 bits per heavy atom. The first kappa shape index (κ1) is 19.6. The highest BCUT2D eigenvalue weighted by Crippen LogP contribution is 2.15. The Bertz CT molecular complexity index is 1270. The second-order valence-corrected chi connectivity index (χ2v) is 7.23. The Kier molecular flexibility index (Phi) is 5.18. The van der Waals surface area contributed by atoms with Crippen LogP contribution in [0.2, 0.25) is 0 Å². The largest absolute Gasteiger partial charge is 0.331 e. The molecule has 30 heavy (non-hydrogen) atoms. The lowest BCUT2D eigenvalue weighted by Crippen LogP contribution is -2.32. The summed E-state index contributed by atoms with van der Waals surface area (Å²) in [4.78, 5) is 34.3. The van der Waals surface area contributed by atoms with Crippen LogP contribution in [0.25, 0.3) is 16.6 Å². The predicted molar refractivity (Wildman–Crippen MR) is 116 cm³/mol. The summed E-state index contributed by atoms with van der Waals surface area (Å²) in [6.45, 7) is 6.57. The molecule has 2 aromatic carbocycles. The summed E-state index contributed by atoms with van der Waals surface area (Å²) in [5, 5.41) is 5.01. The molecule has 0 aliphatic rings. The number of aryl methyl sites for hydroxylation is 2. The van der Waals surface area contributed by atoms with E-state index in [4.69, 9.17) is 0 Å². The Morgan fingerprint density at radius 2 is 1.83 bits per heavy atom. The van der Waals surface area contributed by atoms with Crippen LogP contribution in [0.1, 0.15) is 34.5 Å². The highest BCUT2D eigenvalue weighted by atomic mass is 16.2. The van der Waals surface area contributed by atoms with Gasteiger partial charge in [0.25, 0.3) is 11.5 Å². The van der Waals surface area contributed by atoms with Crippen molar-refractivity contribution < 1.29 is 4.79 Å². The van der Waals surface area contributed by atoms with E-state index in [0.29, 0.717) is 28.8 Å². The molecule has 0 atom stereocenters. The van der Waals surface area contributed by atoms with Gasteiger partial charge in [0.2, 0.25) is 0 Å². The van der Waals surface area contributed by atoms with E-state index in [2.05, 4.69) is 15.1 Å². The molecule has 4 aromatic rings. The first-order valence-electron chi connectivity index (χ1n) is 9.87. The minimum Gasteiger partial charge on any atom is -0.331 e. The predicted octanol–water partition coefficient (Wildman–Crippen LogP) is 3.39. The fourth-order valence-electron chi connectivity index (χ4n) is 3.54. The third-order valence-electron chi connectivity index (χ3n) is 5.04. The number of carbonyl (C=O) groups excluding carboxylic acids is 1. The van der Waals surface area contributed by atoms with Gasteiger partial charge in [0.15, 0.2) is 0 Å². The molecule has 0 fully saturated rings. The second-order valence-electron chi connectivity index (χ2n) is 7.23. The molecule has 0 radical (unpaired) electrons. The molecular weight excluding hydrogens is 378 g/mol. The quantitative estimate of drug-likeness (QED) is 0.556. The number of carbonyl (C=O) groups is 1. The van der Waals surface area contributed by atoms with Gasteiger partial charge in [-0.3, -0.25) is 9.59 Å². The first-order valence-corrected chi connectivity index (χ1v) is 9.87. The van der Waals surface area contributed by atoms with Gasteiger partial charge >= 0.3 is 0 Å². The average molecular weight is 401 g/mol. The van der Waals surface area contributed by atoms with Crippen LogP contribution in [0, 0.1) is 13.8 Å². The zero-order valence-electron chi connectivity index (χ0n) is 17.2. The molecule has 0 saturated carbocycles. The smallest absolute Gasteiger partial charge is 0.258 e. The van der Waals surface area contributed by atoms with Gasteiger partial charge in [-0.1, -0.05) is 12.1 Å². The lowest BCUT2D eigenvalue weighted by atomic mass is 10.1. The minimum absolute atomic E-state index is 0.117. The Labute approximate surface area is 174 Å². The molecule has 1 amide bonds. The van der Waals surface area contributed by atoms with E-state index in [1.807, 2.05) is 49.7 Å². The normalized spacial score (nSPS) is 11.0. The Hall–Kier alpha value is -3.74. The van der Waals surface area contributed by atoms with E-state index >= 15 is 0 Å². The number of nitrogens with zero attached hydrogens (tertiary/aromatic N) is 4. The SMILES string of the molecule is CCN(Cc1nc2ccccc2c(=O)[nH]1)C(=O)c1ccc(-n2nc(C)cc2C)cc1. The molecule has 152 valence electrons. The van der Waals surface area contributed by atoms with Crippen LogP contribution in [-0.4, -0.2) is 37.1 Å². The van der Waals surface area contributed by atoms with Crippen LogP contribution in [0.15, 0.2) is 59.4 Å². The fraction of sp³-hybridized carbons (Fsp3) is 0.217. The van der Waals surface area contributed by atoms with Crippen LogP contribution in [-0.2, 0) is 6.54 Å². The summed E-state index contributed by atoms with van der Waals surface area (Å²) < 4.78 is 1.85. The van der Waals surface area contributed by atoms with E-state index in [1.54, 1.807) is 35.2 Å². The summed E-state index contributed by atoms with van der Waals surface area (Å²) in [5.41, 5.74) is 3.88. The van der Waals surface area contributed by atoms with Gasteiger partial charge in [-0.25, -0.2) is 9.67 Å². The van der Waals surface area contributed by atoms with Gasteiger partial charge in [0.05, 0.1) is 28.8 Å². The molecule has 0 aliphatic carbocycles. The topological polar surface area (TPSA) is 83.9 Å². The Balaban J connectivity index is 1.57. The van der Waals surface area contributed by atoms with E-state index in [1.165, 1.54) is 0 Å². The standard InChI is InChI=1S/C23H23N5O2/c1-4-27(14-21-24-20-8-6-5-7-19(20)22(29)25-21)23(30)17-9-11-18(12-10-17)28-16(3)13-15(2)26-28/h5-13H,4,14H2,1-3H3,(H,24,25,29). The number of benzene rings is 2. The van der Waals surface area contributed by atoms with Crippen molar-refractivity contribution in [1.29, 1.82) is 0 Å². The lowest BCUT2D eigenvalue weighted by Gasteiger charge is -2.20. The van der Waals surface area contributed by atoms with E-state index < -0.39 is 0 Å². The number of H-pyrrole nitrogens is 1. The number of nitrogens with one attached hydrogen (secondary N) is 1.